The summed E-state index contributed by atoms with van der Waals surface area (Å²) in [6.07, 6.45) is -8.80. The molecule has 5 unspecified atom stereocenters. The normalized spacial score (nSPS) is 29.6. The molecule has 1 aromatic carbocycles. The van der Waals surface area contributed by atoms with E-state index in [1.165, 1.54) is 17.0 Å². The van der Waals surface area contributed by atoms with Crippen molar-refractivity contribution in [3.05, 3.63) is 34.9 Å². The zero-order valence-electron chi connectivity index (χ0n) is 16.3. The van der Waals surface area contributed by atoms with Crippen molar-refractivity contribution in [2.45, 2.75) is 62.0 Å². The van der Waals surface area contributed by atoms with Crippen LogP contribution in [0, 0.1) is 0 Å². The smallest absolute Gasteiger partial charge is 0.379 e. The van der Waals surface area contributed by atoms with Crippen LogP contribution < -0.4 is 16.4 Å². The first-order valence-electron chi connectivity index (χ1n) is 9.89. The van der Waals surface area contributed by atoms with Crippen LogP contribution in [0.25, 0.3) is 0 Å². The molecule has 2 aliphatic heterocycles. The van der Waals surface area contributed by atoms with Crippen LogP contribution in [-0.4, -0.2) is 65.6 Å². The van der Waals surface area contributed by atoms with Crippen LogP contribution in [0.2, 0.25) is 0 Å². The van der Waals surface area contributed by atoms with Crippen LogP contribution in [0.15, 0.2) is 18.2 Å². The first-order chi connectivity index (χ1) is 14.5. The van der Waals surface area contributed by atoms with Crippen LogP contribution in [0.1, 0.15) is 40.5 Å². The average molecular weight is 450 g/mol. The van der Waals surface area contributed by atoms with Gasteiger partial charge in [0.2, 0.25) is 6.23 Å². The quantitative estimate of drug-likeness (QED) is 0.384. The molecule has 5 N–H and O–H groups in total. The Morgan fingerprint density at radius 3 is 2.68 bits per heavy atom. The van der Waals surface area contributed by atoms with Gasteiger partial charge in [-0.05, 0) is 23.6 Å². The highest BCUT2D eigenvalue weighted by atomic mass is 19.4. The van der Waals surface area contributed by atoms with Gasteiger partial charge in [0, 0.05) is 31.2 Å². The van der Waals surface area contributed by atoms with Crippen molar-refractivity contribution >= 4 is 5.91 Å². The molecule has 31 heavy (non-hydrogen) atoms. The zero-order chi connectivity index (χ0) is 22.6. The Hall–Kier alpha value is -1.86. The SMILES string of the molecule is NC(NC(O)C(F)(F)F)c1ccc2c(c1)C(=O)N(C1COCCC1NC1CC1(F)F)C2. The largest absolute Gasteiger partial charge is 0.428 e. The van der Waals surface area contributed by atoms with E-state index in [-0.39, 0.29) is 42.6 Å². The number of carbonyl (C=O) groups excluding carboxylic acids is 1. The van der Waals surface area contributed by atoms with Crippen LogP contribution in [-0.2, 0) is 11.3 Å². The van der Waals surface area contributed by atoms with Gasteiger partial charge >= 0.3 is 6.18 Å². The molecule has 1 amide bonds. The maximum absolute atomic E-state index is 13.4. The molecule has 0 spiro atoms. The van der Waals surface area contributed by atoms with E-state index in [1.807, 2.05) is 5.32 Å². The van der Waals surface area contributed by atoms with Crippen molar-refractivity contribution in [2.75, 3.05) is 13.2 Å². The monoisotopic (exact) mass is 450 g/mol. The molecule has 0 bridgehead atoms. The van der Waals surface area contributed by atoms with E-state index in [2.05, 4.69) is 5.32 Å². The van der Waals surface area contributed by atoms with Crippen molar-refractivity contribution in [1.29, 1.82) is 0 Å². The summed E-state index contributed by atoms with van der Waals surface area (Å²) >= 11 is 0. The Labute approximate surface area is 174 Å². The van der Waals surface area contributed by atoms with Gasteiger partial charge in [-0.2, -0.15) is 13.2 Å². The molecule has 1 aromatic rings. The summed E-state index contributed by atoms with van der Waals surface area (Å²) in [7, 11) is 0. The molecular weight excluding hydrogens is 427 g/mol. The summed E-state index contributed by atoms with van der Waals surface area (Å²) in [6.45, 7) is 0.824. The lowest BCUT2D eigenvalue weighted by molar-refractivity contribution is -0.216. The summed E-state index contributed by atoms with van der Waals surface area (Å²) in [5.41, 5.74) is 6.85. The van der Waals surface area contributed by atoms with Crippen LogP contribution in [0.4, 0.5) is 22.0 Å². The van der Waals surface area contributed by atoms with Crippen molar-refractivity contribution in [2.24, 2.45) is 5.73 Å². The fourth-order valence-corrected chi connectivity index (χ4v) is 4.04. The average Bonchev–Trinajstić information content (AvgIpc) is 3.16. The van der Waals surface area contributed by atoms with Gasteiger partial charge in [-0.3, -0.25) is 10.1 Å². The maximum Gasteiger partial charge on any atom is 0.428 e. The van der Waals surface area contributed by atoms with Gasteiger partial charge in [0.1, 0.15) is 0 Å². The van der Waals surface area contributed by atoms with Crippen molar-refractivity contribution in [3.63, 3.8) is 0 Å². The number of alkyl halides is 5. The van der Waals surface area contributed by atoms with E-state index in [0.29, 0.717) is 18.6 Å². The van der Waals surface area contributed by atoms with Gasteiger partial charge in [0.05, 0.1) is 24.9 Å². The van der Waals surface area contributed by atoms with E-state index in [9.17, 15) is 26.7 Å². The Morgan fingerprint density at radius 2 is 2.03 bits per heavy atom. The van der Waals surface area contributed by atoms with Gasteiger partial charge in [0.15, 0.2) is 0 Å². The van der Waals surface area contributed by atoms with Crippen LogP contribution in [0.3, 0.4) is 0 Å². The minimum absolute atomic E-state index is 0.196. The molecule has 0 radical (unpaired) electrons. The number of hydrogen-bond acceptors (Lipinski definition) is 6. The number of benzene rings is 1. The minimum atomic E-state index is -4.89. The number of fused-ring (bicyclic) bond motifs is 1. The Bertz CT molecular complexity index is 852. The zero-order valence-corrected chi connectivity index (χ0v) is 16.3. The van der Waals surface area contributed by atoms with Gasteiger partial charge < -0.3 is 25.8 Å². The Morgan fingerprint density at radius 1 is 1.32 bits per heavy atom. The summed E-state index contributed by atoms with van der Waals surface area (Å²) < 4.78 is 69.8. The molecule has 5 atom stereocenters. The molecule has 4 rings (SSSR count). The van der Waals surface area contributed by atoms with Gasteiger partial charge in [-0.15, -0.1) is 0 Å². The molecule has 0 aromatic heterocycles. The lowest BCUT2D eigenvalue weighted by atomic mass is 10.0. The second-order valence-electron chi connectivity index (χ2n) is 8.16. The Balaban J connectivity index is 1.47. The molecule has 2 fully saturated rings. The first-order valence-corrected chi connectivity index (χ1v) is 9.89. The molecule has 1 saturated heterocycles. The number of ether oxygens (including phenoxy) is 1. The number of carbonyl (C=O) groups is 1. The summed E-state index contributed by atoms with van der Waals surface area (Å²) in [5.74, 6) is -3.11. The molecule has 3 aliphatic rings. The summed E-state index contributed by atoms with van der Waals surface area (Å²) in [6, 6.07) is 2.75. The fraction of sp³-hybridized carbons (Fsp3) is 0.632. The Kier molecular flexibility index (Phi) is 5.71. The van der Waals surface area contributed by atoms with Crippen LogP contribution in [0.5, 0.6) is 0 Å². The van der Waals surface area contributed by atoms with E-state index in [4.69, 9.17) is 15.6 Å². The van der Waals surface area contributed by atoms with Crippen molar-refractivity contribution in [3.8, 4) is 0 Å². The van der Waals surface area contributed by atoms with E-state index in [0.717, 1.165) is 0 Å². The highest BCUT2D eigenvalue weighted by Crippen LogP contribution is 2.42. The molecule has 7 nitrogen and oxygen atoms in total. The van der Waals surface area contributed by atoms with Crippen molar-refractivity contribution in [1.82, 2.24) is 15.5 Å². The van der Waals surface area contributed by atoms with E-state index < -0.39 is 36.6 Å². The van der Waals surface area contributed by atoms with Crippen LogP contribution >= 0.6 is 0 Å². The summed E-state index contributed by atoms with van der Waals surface area (Å²) in [5, 5.41) is 13.9. The van der Waals surface area contributed by atoms with Crippen molar-refractivity contribution < 1.29 is 36.6 Å². The number of rotatable bonds is 6. The number of halogens is 5. The highest BCUT2D eigenvalue weighted by molar-refractivity contribution is 5.98. The number of aliphatic hydroxyl groups is 1. The van der Waals surface area contributed by atoms with E-state index in [1.54, 1.807) is 6.07 Å². The highest BCUT2D eigenvalue weighted by Gasteiger charge is 2.58. The topological polar surface area (TPSA) is 99.8 Å². The molecule has 1 aliphatic carbocycles. The number of nitrogens with zero attached hydrogens (tertiary/aromatic N) is 1. The predicted octanol–water partition coefficient (Wildman–Crippen LogP) is 1.22. The second-order valence-corrected chi connectivity index (χ2v) is 8.16. The lowest BCUT2D eigenvalue weighted by Gasteiger charge is -2.38. The second kappa shape index (κ2) is 7.93. The molecule has 2 heterocycles. The summed E-state index contributed by atoms with van der Waals surface area (Å²) in [4.78, 5) is 14.6. The predicted molar refractivity (Wildman–Crippen MR) is 97.9 cm³/mol. The number of hydrogen-bond donors (Lipinski definition) is 4. The molecule has 172 valence electrons. The number of nitrogens with two attached hydrogens (primary N) is 1. The third-order valence-corrected chi connectivity index (χ3v) is 5.94. The third-order valence-electron chi connectivity index (χ3n) is 5.94. The lowest BCUT2D eigenvalue weighted by Crippen LogP contribution is -2.56. The number of nitrogens with one attached hydrogen (secondary N) is 2. The van der Waals surface area contributed by atoms with E-state index >= 15 is 0 Å². The molecular formula is C19H23F5N4O3. The van der Waals surface area contributed by atoms with Gasteiger partial charge in [-0.25, -0.2) is 8.78 Å². The number of aliphatic hydroxyl groups excluding tert-OH is 1. The van der Waals surface area contributed by atoms with Gasteiger partial charge in [-0.1, -0.05) is 12.1 Å². The minimum Gasteiger partial charge on any atom is -0.379 e. The number of amides is 1. The molecule has 1 saturated carbocycles. The fourth-order valence-electron chi connectivity index (χ4n) is 4.04. The maximum atomic E-state index is 13.4. The first kappa shape index (κ1) is 22.3. The molecule has 12 heteroatoms. The third kappa shape index (κ3) is 4.53. The van der Waals surface area contributed by atoms with Gasteiger partial charge in [0.25, 0.3) is 11.8 Å². The standard InChI is InChI=1S/C19H23F5N4O3/c20-18(21)6-14(18)26-12-3-4-31-8-13(12)28-7-10-2-1-9(5-11(10)16(28)29)15(25)27-17(30)19(22,23)24/h1-2,5,12-15,17,26-27,30H,3-4,6-8,25H2.